The molecule has 1 heterocycles. The van der Waals surface area contributed by atoms with Crippen LogP contribution in [0.3, 0.4) is 0 Å². The highest BCUT2D eigenvalue weighted by Gasteiger charge is 2.05. The standard InChI is InChI=1S/C16H22N4O/c1-4-13-7-5-6-8-14(13)19-16-18-12(2)11-15(20-16)17-9-10-21-3/h5-8,11H,4,9-10H2,1-3H3,(H2,17,18,19,20). The number of anilines is 3. The number of benzene rings is 1. The predicted molar refractivity (Wildman–Crippen MR) is 86.2 cm³/mol. The molecule has 2 aromatic rings. The monoisotopic (exact) mass is 286 g/mol. The van der Waals surface area contributed by atoms with E-state index in [4.69, 9.17) is 4.74 Å². The van der Waals surface area contributed by atoms with Crippen molar-refractivity contribution >= 4 is 17.5 Å². The molecule has 21 heavy (non-hydrogen) atoms. The van der Waals surface area contributed by atoms with Crippen molar-refractivity contribution in [2.75, 3.05) is 30.9 Å². The van der Waals surface area contributed by atoms with Crippen molar-refractivity contribution in [3.05, 3.63) is 41.6 Å². The van der Waals surface area contributed by atoms with Crippen LogP contribution in [0.15, 0.2) is 30.3 Å². The van der Waals surface area contributed by atoms with Crippen molar-refractivity contribution in [3.63, 3.8) is 0 Å². The van der Waals surface area contributed by atoms with Crippen LogP contribution in [0.5, 0.6) is 0 Å². The van der Waals surface area contributed by atoms with Gasteiger partial charge in [0, 0.05) is 31.1 Å². The summed E-state index contributed by atoms with van der Waals surface area (Å²) in [6.07, 6.45) is 0.966. The van der Waals surface area contributed by atoms with E-state index in [1.807, 2.05) is 31.2 Å². The van der Waals surface area contributed by atoms with Gasteiger partial charge in [0.2, 0.25) is 5.95 Å². The van der Waals surface area contributed by atoms with Gasteiger partial charge in [-0.25, -0.2) is 4.98 Å². The molecule has 0 spiro atoms. The van der Waals surface area contributed by atoms with Crippen LogP contribution in [0.25, 0.3) is 0 Å². The third kappa shape index (κ3) is 4.43. The molecule has 2 N–H and O–H groups in total. The number of aryl methyl sites for hydroxylation is 2. The van der Waals surface area contributed by atoms with E-state index in [2.05, 4.69) is 33.6 Å². The summed E-state index contributed by atoms with van der Waals surface area (Å²) >= 11 is 0. The molecule has 1 aromatic carbocycles. The van der Waals surface area contributed by atoms with Gasteiger partial charge in [0.15, 0.2) is 0 Å². The van der Waals surface area contributed by atoms with Crippen LogP contribution in [0.1, 0.15) is 18.2 Å². The lowest BCUT2D eigenvalue weighted by Gasteiger charge is -2.12. The molecular weight excluding hydrogens is 264 g/mol. The molecule has 0 saturated carbocycles. The number of hydrogen-bond acceptors (Lipinski definition) is 5. The van der Waals surface area contributed by atoms with E-state index >= 15 is 0 Å². The van der Waals surface area contributed by atoms with Gasteiger partial charge >= 0.3 is 0 Å². The summed E-state index contributed by atoms with van der Waals surface area (Å²) in [4.78, 5) is 8.93. The smallest absolute Gasteiger partial charge is 0.229 e. The van der Waals surface area contributed by atoms with Crippen molar-refractivity contribution in [2.24, 2.45) is 0 Å². The van der Waals surface area contributed by atoms with Gasteiger partial charge in [0.1, 0.15) is 5.82 Å². The highest BCUT2D eigenvalue weighted by molar-refractivity contribution is 5.59. The Bertz CT molecular complexity index is 586. The molecule has 0 aliphatic rings. The normalized spacial score (nSPS) is 10.4. The summed E-state index contributed by atoms with van der Waals surface area (Å²) in [6, 6.07) is 10.1. The maximum Gasteiger partial charge on any atom is 0.229 e. The van der Waals surface area contributed by atoms with Gasteiger partial charge < -0.3 is 15.4 Å². The van der Waals surface area contributed by atoms with Crippen molar-refractivity contribution < 1.29 is 4.74 Å². The van der Waals surface area contributed by atoms with Crippen LogP contribution in [-0.4, -0.2) is 30.2 Å². The summed E-state index contributed by atoms with van der Waals surface area (Å²) < 4.78 is 5.03. The fourth-order valence-electron chi connectivity index (χ4n) is 2.07. The quantitative estimate of drug-likeness (QED) is 0.766. The molecule has 2 rings (SSSR count). The number of aromatic nitrogens is 2. The summed E-state index contributed by atoms with van der Waals surface area (Å²) in [5.41, 5.74) is 3.21. The van der Waals surface area contributed by atoms with E-state index < -0.39 is 0 Å². The minimum Gasteiger partial charge on any atom is -0.383 e. The highest BCUT2D eigenvalue weighted by atomic mass is 16.5. The van der Waals surface area contributed by atoms with Crippen LogP contribution < -0.4 is 10.6 Å². The predicted octanol–water partition coefficient (Wildman–Crippen LogP) is 3.15. The van der Waals surface area contributed by atoms with Gasteiger partial charge in [-0.2, -0.15) is 4.98 Å². The molecule has 0 unspecified atom stereocenters. The third-order valence-corrected chi connectivity index (χ3v) is 3.11. The first-order valence-electron chi connectivity index (χ1n) is 7.16. The Labute approximate surface area is 125 Å². The van der Waals surface area contributed by atoms with Crippen molar-refractivity contribution in [3.8, 4) is 0 Å². The second-order valence-corrected chi connectivity index (χ2v) is 4.77. The molecular formula is C16H22N4O. The van der Waals surface area contributed by atoms with Crippen molar-refractivity contribution in [1.82, 2.24) is 9.97 Å². The average molecular weight is 286 g/mol. The zero-order valence-electron chi connectivity index (χ0n) is 12.8. The summed E-state index contributed by atoms with van der Waals surface area (Å²) in [5, 5.41) is 6.53. The molecule has 5 heteroatoms. The van der Waals surface area contributed by atoms with Gasteiger partial charge in [-0.1, -0.05) is 25.1 Å². The molecule has 0 atom stereocenters. The first-order valence-corrected chi connectivity index (χ1v) is 7.16. The van der Waals surface area contributed by atoms with Gasteiger partial charge in [-0.3, -0.25) is 0 Å². The second-order valence-electron chi connectivity index (χ2n) is 4.77. The van der Waals surface area contributed by atoms with Gasteiger partial charge in [0.05, 0.1) is 6.61 Å². The SMILES string of the molecule is CCc1ccccc1Nc1nc(C)cc(NCCOC)n1. The zero-order chi connectivity index (χ0) is 15.1. The summed E-state index contributed by atoms with van der Waals surface area (Å²) in [7, 11) is 1.68. The molecule has 0 fully saturated rings. The topological polar surface area (TPSA) is 59.1 Å². The maximum atomic E-state index is 5.03. The summed E-state index contributed by atoms with van der Waals surface area (Å²) in [5.74, 6) is 1.41. The van der Waals surface area contributed by atoms with Crippen molar-refractivity contribution in [2.45, 2.75) is 20.3 Å². The largest absolute Gasteiger partial charge is 0.383 e. The van der Waals surface area contributed by atoms with Crippen LogP contribution in [0.2, 0.25) is 0 Å². The molecule has 5 nitrogen and oxygen atoms in total. The van der Waals surface area contributed by atoms with Gasteiger partial charge in [-0.05, 0) is 25.0 Å². The van der Waals surface area contributed by atoms with Crippen LogP contribution in [0, 0.1) is 6.92 Å². The minimum atomic E-state index is 0.607. The summed E-state index contributed by atoms with van der Waals surface area (Å²) in [6.45, 7) is 5.46. The number of hydrogen-bond donors (Lipinski definition) is 2. The van der Waals surface area contributed by atoms with E-state index in [9.17, 15) is 0 Å². The Morgan fingerprint density at radius 2 is 2.00 bits per heavy atom. The molecule has 1 aromatic heterocycles. The van der Waals surface area contributed by atoms with E-state index in [1.54, 1.807) is 7.11 Å². The Morgan fingerprint density at radius 3 is 2.76 bits per heavy atom. The van der Waals surface area contributed by atoms with E-state index in [-0.39, 0.29) is 0 Å². The van der Waals surface area contributed by atoms with E-state index in [1.165, 1.54) is 5.56 Å². The number of methoxy groups -OCH3 is 1. The van der Waals surface area contributed by atoms with Gasteiger partial charge in [0.25, 0.3) is 0 Å². The molecule has 0 bridgehead atoms. The molecule has 0 aliphatic carbocycles. The van der Waals surface area contributed by atoms with Crippen LogP contribution in [0.4, 0.5) is 17.5 Å². The lowest BCUT2D eigenvalue weighted by molar-refractivity contribution is 0.210. The minimum absolute atomic E-state index is 0.607. The zero-order valence-corrected chi connectivity index (χ0v) is 12.8. The number of rotatable bonds is 7. The van der Waals surface area contributed by atoms with Gasteiger partial charge in [-0.15, -0.1) is 0 Å². The number of ether oxygens (including phenoxy) is 1. The number of nitrogens with zero attached hydrogens (tertiary/aromatic N) is 2. The van der Waals surface area contributed by atoms with Crippen molar-refractivity contribution in [1.29, 1.82) is 0 Å². The van der Waals surface area contributed by atoms with Crippen LogP contribution >= 0.6 is 0 Å². The first-order chi connectivity index (χ1) is 10.2. The molecule has 0 amide bonds. The van der Waals surface area contributed by atoms with E-state index in [0.717, 1.165) is 30.2 Å². The third-order valence-electron chi connectivity index (χ3n) is 3.11. The molecule has 0 radical (unpaired) electrons. The number of para-hydroxylation sites is 1. The Hall–Kier alpha value is -2.14. The number of nitrogens with one attached hydrogen (secondary N) is 2. The molecule has 0 aliphatic heterocycles. The molecule has 0 saturated heterocycles. The van der Waals surface area contributed by atoms with Crippen LogP contribution in [-0.2, 0) is 11.2 Å². The highest BCUT2D eigenvalue weighted by Crippen LogP contribution is 2.20. The lowest BCUT2D eigenvalue weighted by Crippen LogP contribution is -2.10. The average Bonchev–Trinajstić information content (AvgIpc) is 2.47. The Kier molecular flexibility index (Phi) is 5.51. The fraction of sp³-hybridized carbons (Fsp3) is 0.375. The fourth-order valence-corrected chi connectivity index (χ4v) is 2.07. The first kappa shape index (κ1) is 15.3. The Balaban J connectivity index is 2.15. The maximum absolute atomic E-state index is 5.03. The molecule has 112 valence electrons. The van der Waals surface area contributed by atoms with E-state index in [0.29, 0.717) is 12.6 Å². The second kappa shape index (κ2) is 7.59. The Morgan fingerprint density at radius 1 is 1.19 bits per heavy atom. The lowest BCUT2D eigenvalue weighted by atomic mass is 10.1.